The Bertz CT molecular complexity index is 1050. The third kappa shape index (κ3) is 3.98. The average Bonchev–Trinajstić information content (AvgIpc) is 2.73. The van der Waals surface area contributed by atoms with Crippen LogP contribution in [0.25, 0.3) is 21.9 Å². The van der Waals surface area contributed by atoms with Crippen LogP contribution < -0.4 is 9.47 Å². The number of hydrogen-bond acceptors (Lipinski definition) is 4. The van der Waals surface area contributed by atoms with Gasteiger partial charge >= 0.3 is 5.97 Å². The number of benzene rings is 3. The van der Waals surface area contributed by atoms with Crippen LogP contribution in [-0.4, -0.2) is 43.3 Å². The zero-order chi connectivity index (χ0) is 21.1. The van der Waals surface area contributed by atoms with Crippen molar-refractivity contribution in [2.75, 3.05) is 27.3 Å². The van der Waals surface area contributed by atoms with Gasteiger partial charge in [-0.15, -0.1) is 0 Å². The molecule has 0 spiro atoms. The van der Waals surface area contributed by atoms with Gasteiger partial charge in [0.05, 0.1) is 19.8 Å². The number of methoxy groups -OCH3 is 2. The van der Waals surface area contributed by atoms with Crippen LogP contribution >= 0.6 is 0 Å². The molecule has 0 unspecified atom stereocenters. The molecule has 0 bridgehead atoms. The first-order chi connectivity index (χ1) is 14.6. The first-order valence-electron chi connectivity index (χ1n) is 10.3. The standard InChI is InChI=1S/C25H27NO4/c1-29-22-14-17(16-26-12-5-13-26)15-23(30-2)25(22)21-9-4-7-19-18(10-11-24(27)28)6-3-8-20(19)21/h3-4,6-9,14-15H,5,10-13,16H2,1-2H3,(H,27,28). The first-order valence-corrected chi connectivity index (χ1v) is 10.3. The monoisotopic (exact) mass is 405 g/mol. The SMILES string of the molecule is COc1cc(CN2CCC2)cc(OC)c1-c1cccc2c(CCC(=O)O)cccc12. The summed E-state index contributed by atoms with van der Waals surface area (Å²) in [5.41, 5.74) is 4.15. The maximum atomic E-state index is 11.1. The van der Waals surface area contributed by atoms with Crippen LogP contribution in [0, 0.1) is 0 Å². The molecule has 4 rings (SSSR count). The van der Waals surface area contributed by atoms with Crippen molar-refractivity contribution in [3.8, 4) is 22.6 Å². The molecule has 0 amide bonds. The molecule has 1 aliphatic heterocycles. The summed E-state index contributed by atoms with van der Waals surface area (Å²) >= 11 is 0. The molecule has 5 nitrogen and oxygen atoms in total. The predicted octanol–water partition coefficient (Wildman–Crippen LogP) is 4.75. The highest BCUT2D eigenvalue weighted by Gasteiger charge is 2.20. The molecule has 0 aliphatic carbocycles. The van der Waals surface area contributed by atoms with Gasteiger partial charge in [0.1, 0.15) is 11.5 Å². The Hall–Kier alpha value is -3.05. The van der Waals surface area contributed by atoms with E-state index in [1.54, 1.807) is 14.2 Å². The molecule has 1 saturated heterocycles. The summed E-state index contributed by atoms with van der Waals surface area (Å²) in [6, 6.07) is 16.4. The number of rotatable bonds is 8. The number of aliphatic carboxylic acids is 1. The highest BCUT2D eigenvalue weighted by atomic mass is 16.5. The first kappa shape index (κ1) is 20.2. The Balaban J connectivity index is 1.82. The Kier molecular flexibility index (Phi) is 5.91. The van der Waals surface area contributed by atoms with Crippen LogP contribution in [0.1, 0.15) is 24.0 Å². The number of fused-ring (bicyclic) bond motifs is 1. The maximum Gasteiger partial charge on any atom is 0.303 e. The number of ether oxygens (including phenoxy) is 2. The third-order valence-corrected chi connectivity index (χ3v) is 5.81. The fourth-order valence-electron chi connectivity index (χ4n) is 4.17. The van der Waals surface area contributed by atoms with Crippen molar-refractivity contribution in [3.05, 3.63) is 59.7 Å². The van der Waals surface area contributed by atoms with Crippen LogP contribution in [0.3, 0.4) is 0 Å². The van der Waals surface area contributed by atoms with Gasteiger partial charge in [0.25, 0.3) is 0 Å². The lowest BCUT2D eigenvalue weighted by Crippen LogP contribution is -2.36. The molecule has 1 heterocycles. The minimum Gasteiger partial charge on any atom is -0.496 e. The molecule has 3 aromatic carbocycles. The fourth-order valence-corrected chi connectivity index (χ4v) is 4.17. The van der Waals surface area contributed by atoms with E-state index in [9.17, 15) is 4.79 Å². The number of aryl methyl sites for hydroxylation is 1. The Morgan fingerprint density at radius 3 is 2.27 bits per heavy atom. The second-order valence-corrected chi connectivity index (χ2v) is 7.72. The van der Waals surface area contributed by atoms with E-state index in [-0.39, 0.29) is 6.42 Å². The topological polar surface area (TPSA) is 59.0 Å². The van der Waals surface area contributed by atoms with Crippen LogP contribution in [0.5, 0.6) is 11.5 Å². The van der Waals surface area contributed by atoms with Crippen molar-refractivity contribution in [1.82, 2.24) is 4.90 Å². The van der Waals surface area contributed by atoms with Gasteiger partial charge in [-0.1, -0.05) is 36.4 Å². The molecule has 1 fully saturated rings. The van der Waals surface area contributed by atoms with Crippen LogP contribution in [0.2, 0.25) is 0 Å². The van der Waals surface area contributed by atoms with E-state index in [0.29, 0.717) is 6.42 Å². The molecule has 5 heteroatoms. The number of carboxylic acids is 1. The highest BCUT2D eigenvalue weighted by molar-refractivity contribution is 6.01. The van der Waals surface area contributed by atoms with E-state index in [0.717, 1.165) is 58.6 Å². The van der Waals surface area contributed by atoms with Gasteiger partial charge in [0.15, 0.2) is 0 Å². The molecule has 0 atom stereocenters. The fraction of sp³-hybridized carbons (Fsp3) is 0.320. The van der Waals surface area contributed by atoms with Gasteiger partial charge in [-0.25, -0.2) is 0 Å². The van der Waals surface area contributed by atoms with Crippen molar-refractivity contribution in [2.45, 2.75) is 25.8 Å². The molecule has 30 heavy (non-hydrogen) atoms. The summed E-state index contributed by atoms with van der Waals surface area (Å²) in [6.07, 6.45) is 1.87. The van der Waals surface area contributed by atoms with Gasteiger partial charge in [-0.05, 0) is 65.5 Å². The van der Waals surface area contributed by atoms with E-state index >= 15 is 0 Å². The predicted molar refractivity (Wildman–Crippen MR) is 118 cm³/mol. The Labute approximate surface area is 176 Å². The normalized spacial score (nSPS) is 13.8. The number of likely N-dealkylation sites (tertiary alicyclic amines) is 1. The van der Waals surface area contributed by atoms with Crippen molar-refractivity contribution >= 4 is 16.7 Å². The summed E-state index contributed by atoms with van der Waals surface area (Å²) in [5.74, 6) is 0.783. The van der Waals surface area contributed by atoms with Crippen molar-refractivity contribution < 1.29 is 19.4 Å². The highest BCUT2D eigenvalue weighted by Crippen LogP contribution is 2.43. The van der Waals surface area contributed by atoms with Crippen molar-refractivity contribution in [1.29, 1.82) is 0 Å². The number of carbonyl (C=O) groups is 1. The van der Waals surface area contributed by atoms with Gasteiger partial charge in [0, 0.05) is 13.0 Å². The van der Waals surface area contributed by atoms with Gasteiger partial charge < -0.3 is 14.6 Å². The van der Waals surface area contributed by atoms with E-state index in [2.05, 4.69) is 29.2 Å². The van der Waals surface area contributed by atoms with Gasteiger partial charge in [-0.2, -0.15) is 0 Å². The van der Waals surface area contributed by atoms with E-state index in [4.69, 9.17) is 14.6 Å². The smallest absolute Gasteiger partial charge is 0.303 e. The van der Waals surface area contributed by atoms with Crippen molar-refractivity contribution in [3.63, 3.8) is 0 Å². The van der Waals surface area contributed by atoms with Gasteiger partial charge in [0.2, 0.25) is 0 Å². The lowest BCUT2D eigenvalue weighted by atomic mass is 9.92. The van der Waals surface area contributed by atoms with E-state index in [1.807, 2.05) is 24.3 Å². The molecule has 0 aromatic heterocycles. The molecular weight excluding hydrogens is 378 g/mol. The maximum absolute atomic E-state index is 11.1. The van der Waals surface area contributed by atoms with Crippen LogP contribution in [0.4, 0.5) is 0 Å². The van der Waals surface area contributed by atoms with E-state index in [1.165, 1.54) is 12.0 Å². The second-order valence-electron chi connectivity index (χ2n) is 7.72. The largest absolute Gasteiger partial charge is 0.496 e. The average molecular weight is 405 g/mol. The zero-order valence-corrected chi connectivity index (χ0v) is 17.5. The summed E-state index contributed by atoms with van der Waals surface area (Å²) < 4.78 is 11.6. The van der Waals surface area contributed by atoms with Crippen LogP contribution in [0.15, 0.2) is 48.5 Å². The molecule has 0 radical (unpaired) electrons. The molecule has 1 aliphatic rings. The summed E-state index contributed by atoms with van der Waals surface area (Å²) in [5, 5.41) is 11.2. The number of hydrogen-bond donors (Lipinski definition) is 1. The summed E-state index contributed by atoms with van der Waals surface area (Å²) in [4.78, 5) is 13.5. The summed E-state index contributed by atoms with van der Waals surface area (Å²) in [6.45, 7) is 3.16. The minimum absolute atomic E-state index is 0.112. The summed E-state index contributed by atoms with van der Waals surface area (Å²) in [7, 11) is 3.38. The van der Waals surface area contributed by atoms with Crippen molar-refractivity contribution in [2.24, 2.45) is 0 Å². The molecule has 1 N–H and O–H groups in total. The molecule has 3 aromatic rings. The van der Waals surface area contributed by atoms with Gasteiger partial charge in [-0.3, -0.25) is 9.69 Å². The van der Waals surface area contributed by atoms with Crippen LogP contribution in [-0.2, 0) is 17.8 Å². The Morgan fingerprint density at radius 2 is 1.67 bits per heavy atom. The quantitative estimate of drug-likeness (QED) is 0.586. The minimum atomic E-state index is -0.788. The lowest BCUT2D eigenvalue weighted by molar-refractivity contribution is -0.136. The zero-order valence-electron chi connectivity index (χ0n) is 17.5. The number of nitrogens with zero attached hydrogens (tertiary/aromatic N) is 1. The lowest BCUT2D eigenvalue weighted by Gasteiger charge is -2.31. The number of carboxylic acid groups (broad SMARTS) is 1. The van der Waals surface area contributed by atoms with E-state index < -0.39 is 5.97 Å². The Morgan fingerprint density at radius 1 is 1.00 bits per heavy atom. The third-order valence-electron chi connectivity index (χ3n) is 5.81. The second kappa shape index (κ2) is 8.76. The molecule has 0 saturated carbocycles. The molecule has 156 valence electrons. The molecular formula is C25H27NO4.